The Kier molecular flexibility index (Phi) is 4.44. The number of aliphatic carboxylic acids is 1. The normalized spacial score (nSPS) is 13.7. The van der Waals surface area contributed by atoms with Crippen LogP contribution >= 0.6 is 11.3 Å². The molecular weight excluding hydrogens is 224 g/mol. The summed E-state index contributed by atoms with van der Waals surface area (Å²) in [6.07, 6.45) is 2.61. The molecule has 0 aromatic carbocycles. The standard InChI is InChI=1S/C11H18N2O2S/c1-8(4-5-9(14)15)13-11(2,3)10-12-6-7-16-10/h6-8,13H,4-5H2,1-3H3,(H,14,15). The number of carboxylic acids is 1. The topological polar surface area (TPSA) is 62.2 Å². The quantitative estimate of drug-likeness (QED) is 0.803. The molecule has 1 atom stereocenters. The zero-order chi connectivity index (χ0) is 12.2. The van der Waals surface area contributed by atoms with E-state index in [1.165, 1.54) is 0 Å². The van der Waals surface area contributed by atoms with Crippen LogP contribution in [0.15, 0.2) is 11.6 Å². The number of nitrogens with one attached hydrogen (secondary N) is 1. The summed E-state index contributed by atoms with van der Waals surface area (Å²) in [4.78, 5) is 14.7. The van der Waals surface area contributed by atoms with E-state index in [1.807, 2.05) is 12.3 Å². The lowest BCUT2D eigenvalue weighted by Gasteiger charge is -2.28. The predicted molar refractivity (Wildman–Crippen MR) is 64.6 cm³/mol. The van der Waals surface area contributed by atoms with Crippen molar-refractivity contribution in [1.82, 2.24) is 10.3 Å². The van der Waals surface area contributed by atoms with Crippen LogP contribution < -0.4 is 5.32 Å². The van der Waals surface area contributed by atoms with Crippen LogP contribution in [0.5, 0.6) is 0 Å². The van der Waals surface area contributed by atoms with Gasteiger partial charge in [-0.2, -0.15) is 0 Å². The van der Waals surface area contributed by atoms with Crippen LogP contribution in [0.2, 0.25) is 0 Å². The van der Waals surface area contributed by atoms with Crippen molar-refractivity contribution in [1.29, 1.82) is 0 Å². The van der Waals surface area contributed by atoms with Crippen LogP contribution in [0, 0.1) is 0 Å². The Balaban J connectivity index is 2.49. The summed E-state index contributed by atoms with van der Waals surface area (Å²) in [5, 5.41) is 15.0. The summed E-state index contributed by atoms with van der Waals surface area (Å²) >= 11 is 1.61. The molecule has 0 radical (unpaired) electrons. The molecule has 0 fully saturated rings. The summed E-state index contributed by atoms with van der Waals surface area (Å²) in [7, 11) is 0. The Hall–Kier alpha value is -0.940. The van der Waals surface area contributed by atoms with Crippen LogP contribution in [0.1, 0.15) is 38.6 Å². The Morgan fingerprint density at radius 3 is 2.88 bits per heavy atom. The van der Waals surface area contributed by atoms with Crippen LogP contribution in [0.3, 0.4) is 0 Å². The molecule has 1 rings (SSSR count). The highest BCUT2D eigenvalue weighted by atomic mass is 32.1. The fourth-order valence-corrected chi connectivity index (χ4v) is 2.35. The smallest absolute Gasteiger partial charge is 0.303 e. The highest BCUT2D eigenvalue weighted by molar-refractivity contribution is 7.09. The lowest BCUT2D eigenvalue weighted by atomic mass is 10.0. The summed E-state index contributed by atoms with van der Waals surface area (Å²) < 4.78 is 0. The molecule has 0 saturated heterocycles. The number of nitrogens with zero attached hydrogens (tertiary/aromatic N) is 1. The minimum Gasteiger partial charge on any atom is -0.481 e. The molecule has 0 amide bonds. The zero-order valence-corrected chi connectivity index (χ0v) is 10.7. The average molecular weight is 242 g/mol. The van der Waals surface area contributed by atoms with Gasteiger partial charge in [-0.25, -0.2) is 4.98 Å². The number of hydrogen-bond donors (Lipinski definition) is 2. The number of rotatable bonds is 6. The monoisotopic (exact) mass is 242 g/mol. The first-order chi connectivity index (χ1) is 7.42. The molecule has 1 unspecified atom stereocenters. The fraction of sp³-hybridized carbons (Fsp3) is 0.636. The Bertz CT molecular complexity index is 336. The number of hydrogen-bond acceptors (Lipinski definition) is 4. The van der Waals surface area contributed by atoms with Crippen molar-refractivity contribution in [3.05, 3.63) is 16.6 Å². The van der Waals surface area contributed by atoms with Crippen LogP contribution in [-0.4, -0.2) is 22.1 Å². The Morgan fingerprint density at radius 2 is 2.38 bits per heavy atom. The minimum absolute atomic E-state index is 0.162. The molecule has 0 bridgehead atoms. The third-order valence-corrected chi connectivity index (χ3v) is 3.46. The fourth-order valence-electron chi connectivity index (χ4n) is 1.62. The van der Waals surface area contributed by atoms with Crippen LogP contribution in [0.25, 0.3) is 0 Å². The number of carbonyl (C=O) groups is 1. The molecule has 5 heteroatoms. The Morgan fingerprint density at radius 1 is 1.69 bits per heavy atom. The average Bonchev–Trinajstić information content (AvgIpc) is 2.67. The number of aromatic nitrogens is 1. The van der Waals surface area contributed by atoms with Crippen molar-refractivity contribution in [3.8, 4) is 0 Å². The molecular formula is C11H18N2O2S. The minimum atomic E-state index is -0.749. The summed E-state index contributed by atoms with van der Waals surface area (Å²) in [6.45, 7) is 6.12. The molecule has 1 aromatic heterocycles. The molecule has 0 saturated carbocycles. The van der Waals surface area contributed by atoms with Crippen LogP contribution in [0.4, 0.5) is 0 Å². The van der Waals surface area contributed by atoms with E-state index in [1.54, 1.807) is 17.5 Å². The number of thiazole rings is 1. The summed E-state index contributed by atoms with van der Waals surface area (Å²) in [5.41, 5.74) is -0.202. The SMILES string of the molecule is CC(CCC(=O)O)NC(C)(C)c1nccs1. The van der Waals surface area contributed by atoms with Gasteiger partial charge >= 0.3 is 5.97 Å². The summed E-state index contributed by atoms with van der Waals surface area (Å²) in [5.74, 6) is -0.749. The van der Waals surface area contributed by atoms with Gasteiger partial charge < -0.3 is 10.4 Å². The molecule has 4 nitrogen and oxygen atoms in total. The van der Waals surface area contributed by atoms with Crippen molar-refractivity contribution in [2.45, 2.75) is 45.2 Å². The van der Waals surface area contributed by atoms with Gasteiger partial charge in [0.15, 0.2) is 0 Å². The van der Waals surface area contributed by atoms with Gasteiger partial charge in [0.2, 0.25) is 0 Å². The molecule has 1 heterocycles. The Labute approximate surface area is 99.7 Å². The first-order valence-electron chi connectivity index (χ1n) is 5.31. The lowest BCUT2D eigenvalue weighted by molar-refractivity contribution is -0.137. The molecule has 2 N–H and O–H groups in total. The van der Waals surface area contributed by atoms with Crippen LogP contribution in [-0.2, 0) is 10.3 Å². The van der Waals surface area contributed by atoms with E-state index in [-0.39, 0.29) is 18.0 Å². The van der Waals surface area contributed by atoms with Crippen molar-refractivity contribution >= 4 is 17.3 Å². The van der Waals surface area contributed by atoms with E-state index in [0.717, 1.165) is 5.01 Å². The molecule has 90 valence electrons. The maximum Gasteiger partial charge on any atom is 0.303 e. The van der Waals surface area contributed by atoms with Gasteiger partial charge in [0, 0.05) is 24.0 Å². The highest BCUT2D eigenvalue weighted by Crippen LogP contribution is 2.23. The van der Waals surface area contributed by atoms with Crippen molar-refractivity contribution in [2.24, 2.45) is 0 Å². The first kappa shape index (κ1) is 13.1. The van der Waals surface area contributed by atoms with E-state index in [0.29, 0.717) is 6.42 Å². The second-order valence-electron chi connectivity index (χ2n) is 4.44. The molecule has 0 aliphatic heterocycles. The predicted octanol–water partition coefficient (Wildman–Crippen LogP) is 2.22. The second kappa shape index (κ2) is 5.41. The number of carboxylic acid groups (broad SMARTS) is 1. The maximum absolute atomic E-state index is 10.5. The van der Waals surface area contributed by atoms with E-state index in [4.69, 9.17) is 5.11 Å². The van der Waals surface area contributed by atoms with Gasteiger partial charge in [0.05, 0.1) is 5.54 Å². The van der Waals surface area contributed by atoms with Crippen molar-refractivity contribution in [3.63, 3.8) is 0 Å². The van der Waals surface area contributed by atoms with Gasteiger partial charge in [-0.05, 0) is 27.2 Å². The third-order valence-electron chi connectivity index (χ3n) is 2.37. The van der Waals surface area contributed by atoms with E-state index < -0.39 is 5.97 Å². The van der Waals surface area contributed by atoms with E-state index in [2.05, 4.69) is 24.1 Å². The van der Waals surface area contributed by atoms with Gasteiger partial charge in [0.1, 0.15) is 5.01 Å². The molecule has 16 heavy (non-hydrogen) atoms. The van der Waals surface area contributed by atoms with Crippen molar-refractivity contribution in [2.75, 3.05) is 0 Å². The lowest BCUT2D eigenvalue weighted by Crippen LogP contribution is -2.42. The molecule has 0 aliphatic rings. The van der Waals surface area contributed by atoms with Crippen molar-refractivity contribution < 1.29 is 9.90 Å². The zero-order valence-electron chi connectivity index (χ0n) is 9.86. The highest BCUT2D eigenvalue weighted by Gasteiger charge is 2.24. The second-order valence-corrected chi connectivity index (χ2v) is 5.33. The molecule has 0 spiro atoms. The third kappa shape index (κ3) is 3.90. The van der Waals surface area contributed by atoms with Gasteiger partial charge in [-0.3, -0.25) is 4.79 Å². The molecule has 1 aromatic rings. The molecule has 0 aliphatic carbocycles. The van der Waals surface area contributed by atoms with Gasteiger partial charge in [0.25, 0.3) is 0 Å². The van der Waals surface area contributed by atoms with Gasteiger partial charge in [-0.15, -0.1) is 11.3 Å². The largest absolute Gasteiger partial charge is 0.481 e. The first-order valence-corrected chi connectivity index (χ1v) is 6.19. The van der Waals surface area contributed by atoms with E-state index in [9.17, 15) is 4.79 Å². The van der Waals surface area contributed by atoms with E-state index >= 15 is 0 Å². The van der Waals surface area contributed by atoms with Gasteiger partial charge in [-0.1, -0.05) is 0 Å². The maximum atomic E-state index is 10.5. The summed E-state index contributed by atoms with van der Waals surface area (Å²) in [6, 6.07) is 0.162.